The summed E-state index contributed by atoms with van der Waals surface area (Å²) in [6, 6.07) is 1.28. The fraction of sp³-hybridized carbons (Fsp3) is 0.200. The summed E-state index contributed by atoms with van der Waals surface area (Å²) in [5, 5.41) is 3.89. The molecule has 0 aromatic carbocycles. The van der Waals surface area contributed by atoms with E-state index in [1.165, 1.54) is 23.0 Å². The lowest BCUT2D eigenvalue weighted by Crippen LogP contribution is -2.04. The van der Waals surface area contributed by atoms with Crippen LogP contribution in [0.2, 0.25) is 0 Å². The van der Waals surface area contributed by atoms with Crippen LogP contribution in [-0.2, 0) is 4.74 Å². The molecule has 0 amide bonds. The standard InChI is InChI=1S/C10H8BrFN2O2/c1-2-16-10(15)7-4-13-14-5-6(12)3-8(11)9(7)14/h3-5H,2H2,1H3. The molecule has 0 aliphatic heterocycles. The van der Waals surface area contributed by atoms with E-state index in [9.17, 15) is 9.18 Å². The van der Waals surface area contributed by atoms with Gasteiger partial charge in [-0.15, -0.1) is 0 Å². The van der Waals surface area contributed by atoms with Gasteiger partial charge < -0.3 is 4.74 Å². The zero-order valence-corrected chi connectivity index (χ0v) is 9.99. The van der Waals surface area contributed by atoms with Crippen LogP contribution in [0.25, 0.3) is 5.52 Å². The second-order valence-electron chi connectivity index (χ2n) is 3.08. The van der Waals surface area contributed by atoms with E-state index in [1.807, 2.05) is 0 Å². The van der Waals surface area contributed by atoms with Crippen molar-refractivity contribution in [1.82, 2.24) is 9.61 Å². The van der Waals surface area contributed by atoms with E-state index in [4.69, 9.17) is 4.74 Å². The maximum Gasteiger partial charge on any atom is 0.342 e. The highest BCUT2D eigenvalue weighted by Gasteiger charge is 2.16. The van der Waals surface area contributed by atoms with Gasteiger partial charge in [0.15, 0.2) is 0 Å². The summed E-state index contributed by atoms with van der Waals surface area (Å²) in [5.41, 5.74) is 0.813. The van der Waals surface area contributed by atoms with Gasteiger partial charge in [0.25, 0.3) is 0 Å². The van der Waals surface area contributed by atoms with E-state index >= 15 is 0 Å². The molecule has 0 radical (unpaired) electrons. The first-order chi connectivity index (χ1) is 7.63. The Morgan fingerprint density at radius 3 is 3.12 bits per heavy atom. The molecule has 0 atom stereocenters. The molecule has 4 nitrogen and oxygen atoms in total. The number of nitrogens with zero attached hydrogens (tertiary/aromatic N) is 2. The van der Waals surface area contributed by atoms with Crippen molar-refractivity contribution in [1.29, 1.82) is 0 Å². The average molecular weight is 287 g/mol. The lowest BCUT2D eigenvalue weighted by molar-refractivity contribution is 0.0528. The normalized spacial score (nSPS) is 10.7. The molecule has 0 aliphatic carbocycles. The third-order valence-electron chi connectivity index (χ3n) is 2.03. The van der Waals surface area contributed by atoms with Crippen molar-refractivity contribution in [2.75, 3.05) is 6.61 Å². The number of rotatable bonds is 2. The van der Waals surface area contributed by atoms with Crippen LogP contribution in [0.3, 0.4) is 0 Å². The fourth-order valence-corrected chi connectivity index (χ4v) is 2.01. The number of pyridine rings is 1. The number of ether oxygens (including phenoxy) is 1. The van der Waals surface area contributed by atoms with Crippen LogP contribution in [-0.4, -0.2) is 22.2 Å². The average Bonchev–Trinajstić information content (AvgIpc) is 2.61. The maximum absolute atomic E-state index is 13.0. The lowest BCUT2D eigenvalue weighted by atomic mass is 10.2. The minimum atomic E-state index is -0.468. The number of aromatic nitrogens is 2. The molecular weight excluding hydrogens is 279 g/mol. The van der Waals surface area contributed by atoms with Crippen LogP contribution in [0.15, 0.2) is 22.9 Å². The van der Waals surface area contributed by atoms with Crippen LogP contribution in [0.5, 0.6) is 0 Å². The number of hydrogen-bond donors (Lipinski definition) is 0. The summed E-state index contributed by atoms with van der Waals surface area (Å²) >= 11 is 3.19. The molecule has 2 heterocycles. The van der Waals surface area contributed by atoms with Gasteiger partial charge >= 0.3 is 5.97 Å². The summed E-state index contributed by atoms with van der Waals surface area (Å²) in [6.45, 7) is 2.01. The van der Waals surface area contributed by atoms with Crippen LogP contribution >= 0.6 is 15.9 Å². The van der Waals surface area contributed by atoms with E-state index in [2.05, 4.69) is 21.0 Å². The summed E-state index contributed by atoms with van der Waals surface area (Å²) < 4.78 is 19.7. The Hall–Kier alpha value is -1.43. The van der Waals surface area contributed by atoms with Crippen LogP contribution in [0.1, 0.15) is 17.3 Å². The number of esters is 1. The van der Waals surface area contributed by atoms with Crippen LogP contribution in [0, 0.1) is 5.82 Å². The predicted octanol–water partition coefficient (Wildman–Crippen LogP) is 2.41. The van der Waals surface area contributed by atoms with E-state index in [0.29, 0.717) is 15.6 Å². The molecule has 0 saturated carbocycles. The maximum atomic E-state index is 13.0. The highest BCUT2D eigenvalue weighted by atomic mass is 79.9. The Bertz CT molecular complexity index is 553. The minimum absolute atomic E-state index is 0.287. The molecular formula is C10H8BrFN2O2. The second kappa shape index (κ2) is 4.21. The predicted molar refractivity (Wildman–Crippen MR) is 58.8 cm³/mol. The molecule has 2 rings (SSSR count). The molecule has 0 spiro atoms. The topological polar surface area (TPSA) is 43.6 Å². The number of carbonyl (C=O) groups excluding carboxylic acids is 1. The van der Waals surface area contributed by atoms with Gasteiger partial charge in [-0.05, 0) is 28.9 Å². The second-order valence-corrected chi connectivity index (χ2v) is 3.93. The van der Waals surface area contributed by atoms with Gasteiger partial charge in [0.2, 0.25) is 0 Å². The Kier molecular flexibility index (Phi) is 2.91. The monoisotopic (exact) mass is 286 g/mol. The van der Waals surface area contributed by atoms with E-state index in [0.717, 1.165) is 0 Å². The Morgan fingerprint density at radius 1 is 1.69 bits per heavy atom. The van der Waals surface area contributed by atoms with Gasteiger partial charge in [-0.3, -0.25) is 0 Å². The number of fused-ring (bicyclic) bond motifs is 1. The summed E-state index contributed by atoms with van der Waals surface area (Å²) in [7, 11) is 0. The molecule has 84 valence electrons. The van der Waals surface area contributed by atoms with Crippen molar-refractivity contribution in [2.24, 2.45) is 0 Å². The van der Waals surface area contributed by atoms with Gasteiger partial charge in [-0.1, -0.05) is 0 Å². The minimum Gasteiger partial charge on any atom is -0.462 e. The molecule has 2 aromatic rings. The summed E-state index contributed by atoms with van der Waals surface area (Å²) in [6.07, 6.45) is 2.56. The molecule has 16 heavy (non-hydrogen) atoms. The third kappa shape index (κ3) is 1.80. The first kappa shape index (κ1) is 11.1. The van der Waals surface area contributed by atoms with Gasteiger partial charge in [-0.25, -0.2) is 13.7 Å². The van der Waals surface area contributed by atoms with Crippen molar-refractivity contribution < 1.29 is 13.9 Å². The van der Waals surface area contributed by atoms with Gasteiger partial charge in [0.1, 0.15) is 11.4 Å². The zero-order valence-electron chi connectivity index (χ0n) is 8.41. The number of hydrogen-bond acceptors (Lipinski definition) is 3. The van der Waals surface area contributed by atoms with E-state index in [1.54, 1.807) is 6.92 Å². The zero-order chi connectivity index (χ0) is 11.7. The van der Waals surface area contributed by atoms with Crippen molar-refractivity contribution in [3.05, 3.63) is 34.3 Å². The van der Waals surface area contributed by atoms with Crippen molar-refractivity contribution in [2.45, 2.75) is 6.92 Å². The highest BCUT2D eigenvalue weighted by Crippen LogP contribution is 2.23. The smallest absolute Gasteiger partial charge is 0.342 e. The van der Waals surface area contributed by atoms with Gasteiger partial charge in [0, 0.05) is 4.47 Å². The fourth-order valence-electron chi connectivity index (χ4n) is 1.40. The lowest BCUT2D eigenvalue weighted by Gasteiger charge is -2.01. The molecule has 0 saturated heterocycles. The molecule has 6 heteroatoms. The molecule has 0 fully saturated rings. The first-order valence-corrected chi connectivity index (χ1v) is 5.42. The van der Waals surface area contributed by atoms with Gasteiger partial charge in [0.05, 0.1) is 24.5 Å². The number of halogens is 2. The van der Waals surface area contributed by atoms with Crippen molar-refractivity contribution in [3.8, 4) is 0 Å². The summed E-state index contributed by atoms with van der Waals surface area (Å²) in [5.74, 6) is -0.900. The SMILES string of the molecule is CCOC(=O)c1cnn2cc(F)cc(Br)c12. The molecule has 0 N–H and O–H groups in total. The molecule has 0 unspecified atom stereocenters. The summed E-state index contributed by atoms with van der Waals surface area (Å²) in [4.78, 5) is 11.6. The number of carbonyl (C=O) groups is 1. The Balaban J connectivity index is 2.60. The third-order valence-corrected chi connectivity index (χ3v) is 2.63. The van der Waals surface area contributed by atoms with Crippen LogP contribution < -0.4 is 0 Å². The van der Waals surface area contributed by atoms with E-state index in [-0.39, 0.29) is 6.61 Å². The molecule has 0 bridgehead atoms. The van der Waals surface area contributed by atoms with Crippen molar-refractivity contribution >= 4 is 27.4 Å². The van der Waals surface area contributed by atoms with Gasteiger partial charge in [-0.2, -0.15) is 5.10 Å². The van der Waals surface area contributed by atoms with Crippen LogP contribution in [0.4, 0.5) is 4.39 Å². The van der Waals surface area contributed by atoms with E-state index < -0.39 is 11.8 Å². The molecule has 2 aromatic heterocycles. The molecule has 0 aliphatic rings. The quantitative estimate of drug-likeness (QED) is 0.797. The first-order valence-electron chi connectivity index (χ1n) is 4.63. The largest absolute Gasteiger partial charge is 0.462 e. The Morgan fingerprint density at radius 2 is 2.44 bits per heavy atom. The van der Waals surface area contributed by atoms with Crippen molar-refractivity contribution in [3.63, 3.8) is 0 Å². The Labute approximate surface area is 99.1 Å². The highest BCUT2D eigenvalue weighted by molar-refractivity contribution is 9.10.